The van der Waals surface area contributed by atoms with Crippen molar-refractivity contribution in [1.29, 1.82) is 0 Å². The van der Waals surface area contributed by atoms with Crippen molar-refractivity contribution in [1.82, 2.24) is 5.32 Å². The van der Waals surface area contributed by atoms with Gasteiger partial charge in [0, 0.05) is 12.2 Å². The maximum Gasteiger partial charge on any atom is 0.243 e. The zero-order valence-electron chi connectivity index (χ0n) is 9.63. The molecule has 1 amide bonds. The average Bonchev–Trinajstić information content (AvgIpc) is 2.35. The minimum atomic E-state index is -0.339. The van der Waals surface area contributed by atoms with Gasteiger partial charge in [0.2, 0.25) is 5.91 Å². The van der Waals surface area contributed by atoms with Crippen molar-refractivity contribution < 1.29 is 13.9 Å². The molecule has 0 aromatic heterocycles. The zero-order chi connectivity index (χ0) is 12.3. The molecule has 0 spiro atoms. The van der Waals surface area contributed by atoms with Gasteiger partial charge in [-0.25, -0.2) is 4.39 Å². The number of amides is 1. The Labute approximate surface area is 99.2 Å². The second kappa shape index (κ2) is 5.25. The average molecular weight is 238 g/mol. The van der Waals surface area contributed by atoms with Gasteiger partial charge in [0.15, 0.2) is 0 Å². The number of benzene rings is 1. The van der Waals surface area contributed by atoms with Gasteiger partial charge < -0.3 is 15.4 Å². The van der Waals surface area contributed by atoms with E-state index in [1.54, 1.807) is 19.1 Å². The van der Waals surface area contributed by atoms with Gasteiger partial charge in [-0.1, -0.05) is 0 Å². The standard InChI is InChI=1S/C12H15FN2O2/c1-8-6-9(2-3-10(8)13)15-12(16)11-7-17-5-4-14-11/h2-3,6,11,14H,4-5,7H2,1H3,(H,15,16). The molecule has 1 saturated heterocycles. The summed E-state index contributed by atoms with van der Waals surface area (Å²) in [5.74, 6) is -0.433. The summed E-state index contributed by atoms with van der Waals surface area (Å²) in [7, 11) is 0. The second-order valence-corrected chi connectivity index (χ2v) is 4.03. The minimum absolute atomic E-state index is 0.157. The lowest BCUT2D eigenvalue weighted by Crippen LogP contribution is -2.48. The number of anilines is 1. The second-order valence-electron chi connectivity index (χ2n) is 4.03. The first-order valence-corrected chi connectivity index (χ1v) is 5.55. The third kappa shape index (κ3) is 3.01. The van der Waals surface area contributed by atoms with Crippen molar-refractivity contribution in [3.8, 4) is 0 Å². The molecule has 17 heavy (non-hydrogen) atoms. The molecule has 0 saturated carbocycles. The quantitative estimate of drug-likeness (QED) is 0.810. The number of carbonyl (C=O) groups excluding carboxylic acids is 1. The van der Waals surface area contributed by atoms with Crippen molar-refractivity contribution in [2.45, 2.75) is 13.0 Å². The molecule has 0 radical (unpaired) electrons. The molecule has 1 aromatic carbocycles. The SMILES string of the molecule is Cc1cc(NC(=O)C2COCCN2)ccc1F. The molecule has 4 nitrogen and oxygen atoms in total. The summed E-state index contributed by atoms with van der Waals surface area (Å²) in [6.07, 6.45) is 0. The fourth-order valence-corrected chi connectivity index (χ4v) is 1.69. The van der Waals surface area contributed by atoms with E-state index in [0.717, 1.165) is 0 Å². The van der Waals surface area contributed by atoms with E-state index < -0.39 is 0 Å². The molecule has 92 valence electrons. The number of nitrogens with one attached hydrogen (secondary N) is 2. The first-order valence-electron chi connectivity index (χ1n) is 5.55. The number of carbonyl (C=O) groups is 1. The van der Waals surface area contributed by atoms with E-state index in [1.165, 1.54) is 6.07 Å². The first kappa shape index (κ1) is 12.0. The Kier molecular flexibility index (Phi) is 3.71. The van der Waals surface area contributed by atoms with Crippen LogP contribution in [-0.4, -0.2) is 31.7 Å². The normalized spacial score (nSPS) is 20.0. The first-order chi connectivity index (χ1) is 8.16. The van der Waals surface area contributed by atoms with Crippen LogP contribution in [0.2, 0.25) is 0 Å². The van der Waals surface area contributed by atoms with Gasteiger partial charge in [-0.05, 0) is 30.7 Å². The lowest BCUT2D eigenvalue weighted by atomic mass is 10.2. The Bertz CT molecular complexity index is 417. The summed E-state index contributed by atoms with van der Waals surface area (Å²) < 4.78 is 18.2. The molecule has 1 fully saturated rings. The number of halogens is 1. The van der Waals surface area contributed by atoms with Crippen LogP contribution in [0.5, 0.6) is 0 Å². The summed E-state index contributed by atoms with van der Waals surface area (Å²) in [5.41, 5.74) is 1.11. The highest BCUT2D eigenvalue weighted by Crippen LogP contribution is 2.14. The summed E-state index contributed by atoms with van der Waals surface area (Å²) in [6.45, 7) is 3.32. The molecule has 1 aromatic rings. The van der Waals surface area contributed by atoms with Crippen molar-refractivity contribution >= 4 is 11.6 Å². The van der Waals surface area contributed by atoms with Crippen molar-refractivity contribution in [2.75, 3.05) is 25.1 Å². The van der Waals surface area contributed by atoms with E-state index >= 15 is 0 Å². The monoisotopic (exact) mass is 238 g/mol. The van der Waals surface area contributed by atoms with E-state index in [1.807, 2.05) is 0 Å². The van der Waals surface area contributed by atoms with Crippen molar-refractivity contribution in [3.63, 3.8) is 0 Å². The molecule has 0 bridgehead atoms. The molecule has 1 aliphatic heterocycles. The summed E-state index contributed by atoms with van der Waals surface area (Å²) in [4.78, 5) is 11.8. The van der Waals surface area contributed by atoms with Gasteiger partial charge in [-0.2, -0.15) is 0 Å². The number of hydrogen-bond donors (Lipinski definition) is 2. The van der Waals surface area contributed by atoms with Crippen LogP contribution in [0, 0.1) is 12.7 Å². The van der Waals surface area contributed by atoms with Gasteiger partial charge in [0.25, 0.3) is 0 Å². The minimum Gasteiger partial charge on any atom is -0.378 e. The lowest BCUT2D eigenvalue weighted by molar-refractivity contribution is -0.120. The number of aryl methyl sites for hydroxylation is 1. The van der Waals surface area contributed by atoms with Crippen LogP contribution in [-0.2, 0) is 9.53 Å². The predicted octanol–water partition coefficient (Wildman–Crippen LogP) is 1.06. The van der Waals surface area contributed by atoms with Gasteiger partial charge in [0.1, 0.15) is 11.9 Å². The number of morpholine rings is 1. The number of ether oxygens (including phenoxy) is 1. The van der Waals surface area contributed by atoms with Crippen molar-refractivity contribution in [3.05, 3.63) is 29.6 Å². The maximum absolute atomic E-state index is 13.0. The van der Waals surface area contributed by atoms with Gasteiger partial charge >= 0.3 is 0 Å². The Morgan fingerprint density at radius 2 is 2.41 bits per heavy atom. The molecule has 1 atom stereocenters. The maximum atomic E-state index is 13.0. The molecule has 2 N–H and O–H groups in total. The van der Waals surface area contributed by atoms with Crippen LogP contribution in [0.15, 0.2) is 18.2 Å². The summed E-state index contributed by atoms with van der Waals surface area (Å²) >= 11 is 0. The van der Waals surface area contributed by atoms with E-state index in [0.29, 0.717) is 31.0 Å². The zero-order valence-corrected chi connectivity index (χ0v) is 9.63. The van der Waals surface area contributed by atoms with Crippen LogP contribution in [0.3, 0.4) is 0 Å². The van der Waals surface area contributed by atoms with Crippen LogP contribution < -0.4 is 10.6 Å². The van der Waals surface area contributed by atoms with E-state index in [-0.39, 0.29) is 17.8 Å². The van der Waals surface area contributed by atoms with Crippen LogP contribution in [0.4, 0.5) is 10.1 Å². The lowest BCUT2D eigenvalue weighted by Gasteiger charge is -2.22. The molecule has 0 aliphatic carbocycles. The highest BCUT2D eigenvalue weighted by atomic mass is 19.1. The highest BCUT2D eigenvalue weighted by Gasteiger charge is 2.21. The van der Waals surface area contributed by atoms with E-state index in [9.17, 15) is 9.18 Å². The fraction of sp³-hybridized carbons (Fsp3) is 0.417. The molecule has 1 heterocycles. The van der Waals surface area contributed by atoms with Crippen molar-refractivity contribution in [2.24, 2.45) is 0 Å². The molecular formula is C12H15FN2O2. The molecule has 2 rings (SSSR count). The van der Waals surface area contributed by atoms with Crippen LogP contribution >= 0.6 is 0 Å². The van der Waals surface area contributed by atoms with Gasteiger partial charge in [-0.3, -0.25) is 4.79 Å². The largest absolute Gasteiger partial charge is 0.378 e. The van der Waals surface area contributed by atoms with Crippen LogP contribution in [0.25, 0.3) is 0 Å². The van der Waals surface area contributed by atoms with Crippen LogP contribution in [0.1, 0.15) is 5.56 Å². The number of hydrogen-bond acceptors (Lipinski definition) is 3. The Balaban J connectivity index is 1.99. The van der Waals surface area contributed by atoms with E-state index in [4.69, 9.17) is 4.74 Å². The molecular weight excluding hydrogens is 223 g/mol. The Hall–Kier alpha value is -1.46. The molecule has 5 heteroatoms. The number of rotatable bonds is 2. The topological polar surface area (TPSA) is 50.4 Å². The predicted molar refractivity (Wildman–Crippen MR) is 62.4 cm³/mol. The Morgan fingerprint density at radius 3 is 3.06 bits per heavy atom. The third-order valence-electron chi connectivity index (χ3n) is 2.66. The van der Waals surface area contributed by atoms with Gasteiger partial charge in [0.05, 0.1) is 13.2 Å². The smallest absolute Gasteiger partial charge is 0.243 e. The summed E-state index contributed by atoms with van der Waals surface area (Å²) in [6, 6.07) is 4.16. The van der Waals surface area contributed by atoms with Gasteiger partial charge in [-0.15, -0.1) is 0 Å². The third-order valence-corrected chi connectivity index (χ3v) is 2.66. The highest BCUT2D eigenvalue weighted by molar-refractivity contribution is 5.95. The fourth-order valence-electron chi connectivity index (χ4n) is 1.69. The summed E-state index contributed by atoms with van der Waals surface area (Å²) in [5, 5.41) is 5.79. The Morgan fingerprint density at radius 1 is 1.59 bits per heavy atom. The van der Waals surface area contributed by atoms with E-state index in [2.05, 4.69) is 10.6 Å². The molecule has 1 unspecified atom stereocenters. The molecule has 1 aliphatic rings.